The Morgan fingerprint density at radius 3 is 2.76 bits per heavy atom. The third-order valence-corrected chi connectivity index (χ3v) is 3.93. The molecule has 0 spiro atoms. The van der Waals surface area contributed by atoms with Gasteiger partial charge in [-0.25, -0.2) is 0 Å². The summed E-state index contributed by atoms with van der Waals surface area (Å²) in [6, 6.07) is 3.62. The molecular formula is C14H15F3N2OS. The Kier molecular flexibility index (Phi) is 3.79. The first kappa shape index (κ1) is 14.6. The molecule has 0 radical (unpaired) electrons. The van der Waals surface area contributed by atoms with Crippen LogP contribution in [0.15, 0.2) is 18.2 Å². The molecule has 0 aliphatic heterocycles. The second-order valence-corrected chi connectivity index (χ2v) is 5.72. The summed E-state index contributed by atoms with van der Waals surface area (Å²) in [4.78, 5) is 2.82. The molecule has 1 aliphatic rings. The first-order valence-corrected chi connectivity index (χ1v) is 7.23. The van der Waals surface area contributed by atoms with Crippen molar-refractivity contribution in [2.75, 3.05) is 13.2 Å². The smallest absolute Gasteiger partial charge is 0.379 e. The van der Waals surface area contributed by atoms with Crippen molar-refractivity contribution in [3.8, 4) is 0 Å². The number of fused-ring (bicyclic) bond motifs is 1. The molecule has 1 N–H and O–H groups in total. The highest BCUT2D eigenvalue weighted by Gasteiger charge is 2.30. The van der Waals surface area contributed by atoms with Crippen molar-refractivity contribution in [2.24, 2.45) is 5.92 Å². The van der Waals surface area contributed by atoms with E-state index < -0.39 is 11.7 Å². The molecule has 1 aromatic carbocycles. The van der Waals surface area contributed by atoms with Crippen molar-refractivity contribution in [1.29, 1.82) is 0 Å². The number of aromatic amines is 1. The summed E-state index contributed by atoms with van der Waals surface area (Å²) in [7, 11) is 0. The van der Waals surface area contributed by atoms with E-state index in [1.54, 1.807) is 4.57 Å². The molecule has 0 unspecified atom stereocenters. The van der Waals surface area contributed by atoms with Gasteiger partial charge in [0.1, 0.15) is 0 Å². The zero-order valence-electron chi connectivity index (χ0n) is 11.2. The average molecular weight is 316 g/mol. The second-order valence-electron chi connectivity index (χ2n) is 5.33. The minimum atomic E-state index is -4.35. The number of nitrogens with one attached hydrogen (secondary N) is 1. The zero-order valence-corrected chi connectivity index (χ0v) is 12.1. The van der Waals surface area contributed by atoms with E-state index in [2.05, 4.69) is 4.98 Å². The molecule has 0 bridgehead atoms. The molecule has 1 saturated carbocycles. The lowest BCUT2D eigenvalue weighted by atomic mass is 10.2. The van der Waals surface area contributed by atoms with E-state index in [-0.39, 0.29) is 0 Å². The molecule has 2 aromatic rings. The van der Waals surface area contributed by atoms with E-state index in [0.29, 0.717) is 34.9 Å². The molecule has 0 amide bonds. The average Bonchev–Trinajstić information content (AvgIpc) is 3.17. The van der Waals surface area contributed by atoms with Gasteiger partial charge in [-0.15, -0.1) is 0 Å². The maximum Gasteiger partial charge on any atom is 0.416 e. The van der Waals surface area contributed by atoms with Crippen LogP contribution in [0.1, 0.15) is 18.4 Å². The van der Waals surface area contributed by atoms with Crippen molar-refractivity contribution in [3.63, 3.8) is 0 Å². The molecule has 1 aromatic heterocycles. The molecule has 0 atom stereocenters. The van der Waals surface area contributed by atoms with E-state index in [1.807, 2.05) is 0 Å². The lowest BCUT2D eigenvalue weighted by Crippen LogP contribution is -2.08. The van der Waals surface area contributed by atoms with Crippen LogP contribution in [-0.4, -0.2) is 22.8 Å². The fraction of sp³-hybridized carbons (Fsp3) is 0.500. The van der Waals surface area contributed by atoms with Crippen LogP contribution in [0.25, 0.3) is 11.0 Å². The highest BCUT2D eigenvalue weighted by atomic mass is 32.1. The Balaban J connectivity index is 1.78. The van der Waals surface area contributed by atoms with Crippen LogP contribution < -0.4 is 0 Å². The maximum atomic E-state index is 12.7. The van der Waals surface area contributed by atoms with Gasteiger partial charge in [-0.1, -0.05) is 0 Å². The van der Waals surface area contributed by atoms with Gasteiger partial charge < -0.3 is 14.3 Å². The van der Waals surface area contributed by atoms with Crippen molar-refractivity contribution < 1.29 is 17.9 Å². The van der Waals surface area contributed by atoms with Gasteiger partial charge in [-0.3, -0.25) is 0 Å². The molecule has 3 rings (SSSR count). The minimum absolute atomic E-state index is 0.400. The molecule has 1 heterocycles. The van der Waals surface area contributed by atoms with E-state index >= 15 is 0 Å². The number of nitrogens with zero attached hydrogens (tertiary/aromatic N) is 1. The second kappa shape index (κ2) is 5.46. The number of hydrogen-bond acceptors (Lipinski definition) is 2. The summed E-state index contributed by atoms with van der Waals surface area (Å²) in [5.41, 5.74) is 0.392. The molecule has 1 aliphatic carbocycles. The monoisotopic (exact) mass is 316 g/mol. The van der Waals surface area contributed by atoms with Crippen molar-refractivity contribution >= 4 is 23.3 Å². The Bertz CT molecular complexity index is 700. The number of aromatic nitrogens is 2. The number of hydrogen-bond donors (Lipinski definition) is 1. The first-order valence-electron chi connectivity index (χ1n) is 6.82. The zero-order chi connectivity index (χ0) is 15.0. The highest BCUT2D eigenvalue weighted by molar-refractivity contribution is 7.71. The summed E-state index contributed by atoms with van der Waals surface area (Å²) in [5, 5.41) is 0. The van der Waals surface area contributed by atoms with Gasteiger partial charge >= 0.3 is 6.18 Å². The SMILES string of the molecule is FC(F)(F)c1ccc2c(c1)[nH]c(=S)n2CCOCC1CC1. The van der Waals surface area contributed by atoms with Crippen LogP contribution in [0.5, 0.6) is 0 Å². The Morgan fingerprint density at radius 2 is 2.10 bits per heavy atom. The summed E-state index contributed by atoms with van der Waals surface area (Å²) in [6.45, 7) is 1.81. The van der Waals surface area contributed by atoms with Gasteiger partial charge in [0.15, 0.2) is 4.77 Å². The summed E-state index contributed by atoms with van der Waals surface area (Å²) in [6.07, 6.45) is -1.89. The molecular weight excluding hydrogens is 301 g/mol. The van der Waals surface area contributed by atoms with Crippen LogP contribution in [-0.2, 0) is 17.5 Å². The van der Waals surface area contributed by atoms with Gasteiger partial charge in [0.2, 0.25) is 0 Å². The van der Waals surface area contributed by atoms with Crippen LogP contribution in [0.3, 0.4) is 0 Å². The quantitative estimate of drug-likeness (QED) is 0.663. The van der Waals surface area contributed by atoms with E-state index in [9.17, 15) is 13.2 Å². The van der Waals surface area contributed by atoms with E-state index in [1.165, 1.54) is 18.9 Å². The van der Waals surface area contributed by atoms with Crippen LogP contribution in [0, 0.1) is 10.7 Å². The Morgan fingerprint density at radius 1 is 1.33 bits per heavy atom. The summed E-state index contributed by atoms with van der Waals surface area (Å²) >= 11 is 5.17. The van der Waals surface area contributed by atoms with Crippen molar-refractivity contribution in [3.05, 3.63) is 28.5 Å². The fourth-order valence-corrected chi connectivity index (χ4v) is 2.55. The van der Waals surface area contributed by atoms with Crippen LogP contribution >= 0.6 is 12.2 Å². The lowest BCUT2D eigenvalue weighted by molar-refractivity contribution is -0.137. The third-order valence-electron chi connectivity index (χ3n) is 3.61. The van der Waals surface area contributed by atoms with Crippen molar-refractivity contribution in [2.45, 2.75) is 25.6 Å². The molecule has 0 saturated heterocycles. The standard InChI is InChI=1S/C14H15F3N2OS/c15-14(16,17)10-3-4-12-11(7-10)18-13(21)19(12)5-6-20-8-9-1-2-9/h3-4,7,9H,1-2,5-6,8H2,(H,18,21). The van der Waals surface area contributed by atoms with Gasteiger partial charge in [0.25, 0.3) is 0 Å². The lowest BCUT2D eigenvalue weighted by Gasteiger charge is -2.08. The molecule has 3 nitrogen and oxygen atoms in total. The fourth-order valence-electron chi connectivity index (χ4n) is 2.25. The van der Waals surface area contributed by atoms with Gasteiger partial charge in [-0.2, -0.15) is 13.2 Å². The minimum Gasteiger partial charge on any atom is -0.379 e. The number of imidazole rings is 1. The topological polar surface area (TPSA) is 29.9 Å². The first-order chi connectivity index (χ1) is 9.95. The normalized spacial score (nSPS) is 15.8. The highest BCUT2D eigenvalue weighted by Crippen LogP contribution is 2.31. The number of benzene rings is 1. The maximum absolute atomic E-state index is 12.7. The molecule has 114 valence electrons. The van der Waals surface area contributed by atoms with E-state index in [0.717, 1.165) is 18.7 Å². The van der Waals surface area contributed by atoms with E-state index in [4.69, 9.17) is 17.0 Å². The largest absolute Gasteiger partial charge is 0.416 e. The summed E-state index contributed by atoms with van der Waals surface area (Å²) in [5.74, 6) is 0.690. The Labute approximate surface area is 124 Å². The Hall–Kier alpha value is -1.34. The number of halogens is 3. The predicted octanol–water partition coefficient (Wildman–Crippen LogP) is 4.14. The summed E-state index contributed by atoms with van der Waals surface area (Å²) < 4.78 is 45.8. The van der Waals surface area contributed by atoms with Gasteiger partial charge in [0.05, 0.1) is 23.2 Å². The molecule has 1 fully saturated rings. The number of ether oxygens (including phenoxy) is 1. The van der Waals surface area contributed by atoms with Crippen molar-refractivity contribution in [1.82, 2.24) is 9.55 Å². The van der Waals surface area contributed by atoms with Crippen LogP contribution in [0.4, 0.5) is 13.2 Å². The number of alkyl halides is 3. The number of H-pyrrole nitrogens is 1. The number of rotatable bonds is 5. The third kappa shape index (κ3) is 3.29. The van der Waals surface area contributed by atoms with Gasteiger partial charge in [-0.05, 0) is 49.2 Å². The molecule has 21 heavy (non-hydrogen) atoms. The van der Waals surface area contributed by atoms with Crippen LogP contribution in [0.2, 0.25) is 0 Å². The van der Waals surface area contributed by atoms with Gasteiger partial charge in [0, 0.05) is 13.2 Å². The molecule has 7 heteroatoms. The predicted molar refractivity (Wildman–Crippen MR) is 75.7 cm³/mol.